The van der Waals surface area contributed by atoms with E-state index < -0.39 is 23.0 Å². The normalized spacial score (nSPS) is 25.5. The summed E-state index contributed by atoms with van der Waals surface area (Å²) in [6.07, 6.45) is 1.71. The van der Waals surface area contributed by atoms with Gasteiger partial charge in [-0.2, -0.15) is 0 Å². The standard InChI is InChI=1S/C24H25Cl2FN2O5/c25-15-2-1-3-16(10-15)33-14-22(32)29-24-8-6-23(7-9-24,12-20(24)30)28-21(31)13-34-17-4-5-18(26)19(27)11-17/h1-5,10-11,20,30H,6-9,12-14H2,(H,28,31)(H,29,32)/t20-,23?,24?/m1/s1. The molecule has 0 radical (unpaired) electrons. The van der Waals surface area contributed by atoms with Crippen LogP contribution in [0.5, 0.6) is 11.5 Å². The van der Waals surface area contributed by atoms with Gasteiger partial charge in [0.15, 0.2) is 13.2 Å². The number of carbonyl (C=O) groups excluding carboxylic acids is 2. The number of aliphatic hydroxyl groups excluding tert-OH is 1. The zero-order valence-electron chi connectivity index (χ0n) is 18.3. The maximum absolute atomic E-state index is 13.5. The van der Waals surface area contributed by atoms with E-state index in [0.29, 0.717) is 42.9 Å². The number of halogens is 3. The van der Waals surface area contributed by atoms with Gasteiger partial charge in [-0.05, 0) is 62.4 Å². The average Bonchev–Trinajstić information content (AvgIpc) is 2.80. The van der Waals surface area contributed by atoms with Crippen LogP contribution in [-0.2, 0) is 9.59 Å². The summed E-state index contributed by atoms with van der Waals surface area (Å²) in [6.45, 7) is -0.485. The van der Waals surface area contributed by atoms with Crippen LogP contribution in [0.1, 0.15) is 32.1 Å². The quantitative estimate of drug-likeness (QED) is 0.503. The molecule has 34 heavy (non-hydrogen) atoms. The predicted molar refractivity (Wildman–Crippen MR) is 125 cm³/mol. The minimum absolute atomic E-state index is 0.0271. The van der Waals surface area contributed by atoms with Crippen LogP contribution in [0.15, 0.2) is 42.5 Å². The van der Waals surface area contributed by atoms with Crippen LogP contribution in [0.3, 0.4) is 0 Å². The van der Waals surface area contributed by atoms with Crippen molar-refractivity contribution in [3.05, 3.63) is 58.3 Å². The third-order valence-corrected chi connectivity index (χ3v) is 7.08. The Morgan fingerprint density at radius 3 is 2.24 bits per heavy atom. The number of rotatable bonds is 8. The molecule has 0 aromatic heterocycles. The fraction of sp³-hybridized carbons (Fsp3) is 0.417. The Hall–Kier alpha value is -2.55. The molecule has 0 heterocycles. The molecule has 7 nitrogen and oxygen atoms in total. The molecule has 0 saturated heterocycles. The molecule has 0 spiro atoms. The maximum Gasteiger partial charge on any atom is 0.258 e. The third kappa shape index (κ3) is 5.56. The van der Waals surface area contributed by atoms with E-state index in [0.717, 1.165) is 6.07 Å². The first-order valence-electron chi connectivity index (χ1n) is 11.0. The SMILES string of the molecule is O=C(COc1ccc(Cl)c(F)c1)NC12CCC(NC(=O)COc3cccc(Cl)c3)(CC1)[C@H](O)C2. The summed E-state index contributed by atoms with van der Waals surface area (Å²) in [7, 11) is 0. The number of hydrogen-bond donors (Lipinski definition) is 3. The van der Waals surface area contributed by atoms with Crippen LogP contribution in [0.2, 0.25) is 10.0 Å². The first-order valence-corrected chi connectivity index (χ1v) is 11.7. The Balaban J connectivity index is 1.28. The molecule has 1 atom stereocenters. The Kier molecular flexibility index (Phi) is 7.21. The first-order chi connectivity index (χ1) is 16.2. The zero-order valence-corrected chi connectivity index (χ0v) is 19.8. The van der Waals surface area contributed by atoms with Crippen molar-refractivity contribution in [2.45, 2.75) is 49.3 Å². The van der Waals surface area contributed by atoms with Gasteiger partial charge in [-0.25, -0.2) is 4.39 Å². The van der Waals surface area contributed by atoms with Crippen LogP contribution in [-0.4, -0.2) is 47.3 Å². The Morgan fingerprint density at radius 1 is 0.971 bits per heavy atom. The molecule has 0 aliphatic heterocycles. The van der Waals surface area contributed by atoms with E-state index in [1.54, 1.807) is 24.3 Å². The Labute approximate surface area is 206 Å². The van der Waals surface area contributed by atoms with Gasteiger partial charge in [-0.1, -0.05) is 29.3 Å². The molecular formula is C24H25Cl2FN2O5. The molecule has 5 rings (SSSR count). The smallest absolute Gasteiger partial charge is 0.258 e. The molecule has 3 fully saturated rings. The largest absolute Gasteiger partial charge is 0.484 e. The Bertz CT molecular complexity index is 1080. The molecular weight excluding hydrogens is 486 g/mol. The molecule has 182 valence electrons. The van der Waals surface area contributed by atoms with Crippen molar-refractivity contribution < 1.29 is 28.6 Å². The van der Waals surface area contributed by atoms with Gasteiger partial charge in [-0.15, -0.1) is 0 Å². The van der Waals surface area contributed by atoms with Crippen LogP contribution in [0.4, 0.5) is 4.39 Å². The van der Waals surface area contributed by atoms with Crippen LogP contribution >= 0.6 is 23.2 Å². The first kappa shape index (κ1) is 24.6. The second-order valence-electron chi connectivity index (χ2n) is 8.86. The predicted octanol–water partition coefficient (Wildman–Crippen LogP) is 3.64. The number of carbonyl (C=O) groups is 2. The fourth-order valence-electron chi connectivity index (χ4n) is 4.73. The van der Waals surface area contributed by atoms with Crippen molar-refractivity contribution in [1.29, 1.82) is 0 Å². The lowest BCUT2D eigenvalue weighted by Crippen LogP contribution is -2.70. The van der Waals surface area contributed by atoms with Crippen molar-refractivity contribution in [3.63, 3.8) is 0 Å². The maximum atomic E-state index is 13.5. The molecule has 3 aliphatic rings. The summed E-state index contributed by atoms with van der Waals surface area (Å²) in [6, 6.07) is 10.7. The monoisotopic (exact) mass is 510 g/mol. The molecule has 2 amide bonds. The number of hydrogen-bond acceptors (Lipinski definition) is 5. The number of benzene rings is 2. The average molecular weight is 511 g/mol. The summed E-state index contributed by atoms with van der Waals surface area (Å²) in [5.41, 5.74) is -1.33. The lowest BCUT2D eigenvalue weighted by atomic mass is 9.60. The van der Waals surface area contributed by atoms with Crippen molar-refractivity contribution in [2.24, 2.45) is 0 Å². The van der Waals surface area contributed by atoms with Crippen LogP contribution < -0.4 is 20.1 Å². The van der Waals surface area contributed by atoms with E-state index in [4.69, 9.17) is 32.7 Å². The second kappa shape index (κ2) is 9.98. The van der Waals surface area contributed by atoms with Crippen molar-refractivity contribution >= 4 is 35.0 Å². The molecule has 2 aromatic carbocycles. The topological polar surface area (TPSA) is 96.9 Å². The molecule has 10 heteroatoms. The third-order valence-electron chi connectivity index (χ3n) is 6.54. The highest BCUT2D eigenvalue weighted by Crippen LogP contribution is 2.47. The highest BCUT2D eigenvalue weighted by atomic mass is 35.5. The number of ether oxygens (including phenoxy) is 2. The van der Waals surface area contributed by atoms with Gasteiger partial charge in [-0.3, -0.25) is 9.59 Å². The molecule has 0 unspecified atom stereocenters. The van der Waals surface area contributed by atoms with E-state index in [1.165, 1.54) is 12.1 Å². The van der Waals surface area contributed by atoms with E-state index in [9.17, 15) is 19.1 Å². The van der Waals surface area contributed by atoms with Crippen LogP contribution in [0, 0.1) is 5.82 Å². The fourth-order valence-corrected chi connectivity index (χ4v) is 5.03. The summed E-state index contributed by atoms with van der Waals surface area (Å²) in [5.74, 6) is -0.643. The van der Waals surface area contributed by atoms with E-state index in [2.05, 4.69) is 10.6 Å². The van der Waals surface area contributed by atoms with E-state index in [1.807, 2.05) is 0 Å². The van der Waals surface area contributed by atoms with Gasteiger partial charge in [0.1, 0.15) is 17.3 Å². The van der Waals surface area contributed by atoms with Gasteiger partial charge in [0, 0.05) is 16.6 Å². The molecule has 3 aliphatic carbocycles. The second-order valence-corrected chi connectivity index (χ2v) is 9.71. The number of amides is 2. The van der Waals surface area contributed by atoms with Crippen molar-refractivity contribution in [2.75, 3.05) is 13.2 Å². The summed E-state index contributed by atoms with van der Waals surface area (Å²) >= 11 is 11.6. The Morgan fingerprint density at radius 2 is 1.62 bits per heavy atom. The lowest BCUT2D eigenvalue weighted by molar-refractivity contribution is -0.137. The minimum atomic E-state index is -0.823. The van der Waals surface area contributed by atoms with Crippen molar-refractivity contribution in [3.8, 4) is 11.5 Å². The van der Waals surface area contributed by atoms with Gasteiger partial charge >= 0.3 is 0 Å². The summed E-state index contributed by atoms with van der Waals surface area (Å²) in [4.78, 5) is 25.0. The molecule has 2 aromatic rings. The minimum Gasteiger partial charge on any atom is -0.484 e. The highest BCUT2D eigenvalue weighted by Gasteiger charge is 2.55. The number of aliphatic hydroxyl groups is 1. The number of fused-ring (bicyclic) bond motifs is 3. The van der Waals surface area contributed by atoms with Gasteiger partial charge in [0.05, 0.1) is 16.7 Å². The zero-order chi connectivity index (χ0) is 24.3. The van der Waals surface area contributed by atoms with E-state index >= 15 is 0 Å². The van der Waals surface area contributed by atoms with E-state index in [-0.39, 0.29) is 35.8 Å². The van der Waals surface area contributed by atoms with Crippen molar-refractivity contribution in [1.82, 2.24) is 10.6 Å². The molecule has 3 N–H and O–H groups in total. The molecule has 2 bridgehead atoms. The molecule has 3 saturated carbocycles. The van der Waals surface area contributed by atoms with Gasteiger partial charge in [0.2, 0.25) is 0 Å². The summed E-state index contributed by atoms with van der Waals surface area (Å²) < 4.78 is 24.4. The summed E-state index contributed by atoms with van der Waals surface area (Å²) in [5, 5.41) is 17.3. The lowest BCUT2D eigenvalue weighted by Gasteiger charge is -2.56. The van der Waals surface area contributed by atoms with Gasteiger partial charge < -0.3 is 25.2 Å². The highest BCUT2D eigenvalue weighted by molar-refractivity contribution is 6.31. The number of nitrogens with one attached hydrogen (secondary N) is 2. The van der Waals surface area contributed by atoms with Gasteiger partial charge in [0.25, 0.3) is 11.8 Å². The van der Waals surface area contributed by atoms with Crippen LogP contribution in [0.25, 0.3) is 0 Å².